The molecule has 3 aromatic carbocycles. The molecule has 4 aromatic rings. The maximum Gasteiger partial charge on any atom is 0.355 e. The zero-order chi connectivity index (χ0) is 22.0. The number of methoxy groups -OCH3 is 1. The van der Waals surface area contributed by atoms with Crippen molar-refractivity contribution in [3.63, 3.8) is 0 Å². The average Bonchev–Trinajstić information content (AvgIpc) is 3.07. The van der Waals surface area contributed by atoms with Crippen LogP contribution in [0.4, 0.5) is 0 Å². The average molecular weight is 417 g/mol. The minimum Gasteiger partial charge on any atom is -0.508 e. The third-order valence-corrected chi connectivity index (χ3v) is 5.13. The Morgan fingerprint density at radius 3 is 2.48 bits per heavy atom. The number of phenols is 2. The SMILES string of the molecule is CCOC(=O)c1c(-c2cccc(O)c2)c2cc(O)ccc2n1Cc1cccc(OC)c1. The van der Waals surface area contributed by atoms with Gasteiger partial charge in [-0.25, -0.2) is 4.79 Å². The molecule has 0 amide bonds. The standard InChI is InChI=1S/C25H23NO5/c1-3-31-25(29)24-23(17-7-5-8-18(27)13-17)21-14-19(28)10-11-22(21)26(24)15-16-6-4-9-20(12-16)30-2/h4-14,27-28H,3,15H2,1-2H3. The fraction of sp³-hybridized carbons (Fsp3) is 0.160. The van der Waals surface area contributed by atoms with Gasteiger partial charge >= 0.3 is 5.97 Å². The van der Waals surface area contributed by atoms with Gasteiger partial charge in [0.25, 0.3) is 0 Å². The Labute approximate surface area is 179 Å². The van der Waals surface area contributed by atoms with Gasteiger partial charge in [0.2, 0.25) is 0 Å². The lowest BCUT2D eigenvalue weighted by atomic mass is 10.0. The van der Waals surface area contributed by atoms with E-state index in [0.29, 0.717) is 28.8 Å². The number of carbonyl (C=O) groups excluding carboxylic acids is 1. The first kappa shape index (κ1) is 20.3. The van der Waals surface area contributed by atoms with Crippen molar-refractivity contribution < 1.29 is 24.5 Å². The van der Waals surface area contributed by atoms with E-state index in [9.17, 15) is 15.0 Å². The number of ether oxygens (including phenoxy) is 2. The number of aromatic nitrogens is 1. The molecule has 0 fully saturated rings. The van der Waals surface area contributed by atoms with Crippen molar-refractivity contribution in [2.45, 2.75) is 13.5 Å². The number of rotatable bonds is 6. The van der Waals surface area contributed by atoms with Gasteiger partial charge in [-0.05, 0) is 60.5 Å². The minimum absolute atomic E-state index is 0.0844. The van der Waals surface area contributed by atoms with Crippen LogP contribution in [0, 0.1) is 0 Å². The third kappa shape index (κ3) is 3.92. The number of phenolic OH excluding ortho intramolecular Hbond substituents is 2. The highest BCUT2D eigenvalue weighted by molar-refractivity contribution is 6.09. The van der Waals surface area contributed by atoms with Crippen molar-refractivity contribution in [2.75, 3.05) is 13.7 Å². The first-order valence-corrected chi connectivity index (χ1v) is 9.96. The van der Waals surface area contributed by atoms with E-state index in [4.69, 9.17) is 9.47 Å². The van der Waals surface area contributed by atoms with E-state index in [1.54, 1.807) is 50.4 Å². The predicted octanol–water partition coefficient (Wildman–Crippen LogP) is 4.95. The second-order valence-corrected chi connectivity index (χ2v) is 7.13. The molecule has 0 bridgehead atoms. The van der Waals surface area contributed by atoms with Crippen LogP contribution in [0.2, 0.25) is 0 Å². The molecule has 0 aliphatic heterocycles. The van der Waals surface area contributed by atoms with Gasteiger partial charge in [-0.2, -0.15) is 0 Å². The summed E-state index contributed by atoms with van der Waals surface area (Å²) in [7, 11) is 1.61. The summed E-state index contributed by atoms with van der Waals surface area (Å²) in [5, 5.41) is 20.9. The van der Waals surface area contributed by atoms with Gasteiger partial charge in [0, 0.05) is 23.0 Å². The molecule has 2 N–H and O–H groups in total. The fourth-order valence-corrected chi connectivity index (χ4v) is 3.83. The maximum absolute atomic E-state index is 13.1. The number of esters is 1. The Morgan fingerprint density at radius 2 is 1.74 bits per heavy atom. The molecule has 0 unspecified atom stereocenters. The van der Waals surface area contributed by atoms with E-state index in [1.165, 1.54) is 0 Å². The number of benzene rings is 3. The molecule has 0 aliphatic rings. The van der Waals surface area contributed by atoms with Crippen LogP contribution < -0.4 is 4.74 Å². The monoisotopic (exact) mass is 417 g/mol. The van der Waals surface area contributed by atoms with Crippen molar-refractivity contribution in [2.24, 2.45) is 0 Å². The first-order valence-electron chi connectivity index (χ1n) is 9.96. The lowest BCUT2D eigenvalue weighted by molar-refractivity contribution is 0.0516. The van der Waals surface area contributed by atoms with Crippen LogP contribution in [-0.4, -0.2) is 34.5 Å². The van der Waals surface area contributed by atoms with Crippen LogP contribution in [0.1, 0.15) is 23.0 Å². The van der Waals surface area contributed by atoms with E-state index >= 15 is 0 Å². The van der Waals surface area contributed by atoms with Crippen LogP contribution in [0.15, 0.2) is 66.7 Å². The van der Waals surface area contributed by atoms with Crippen molar-refractivity contribution in [3.05, 3.63) is 78.0 Å². The number of carbonyl (C=O) groups is 1. The van der Waals surface area contributed by atoms with Crippen LogP contribution in [0.3, 0.4) is 0 Å². The molecule has 6 heteroatoms. The lowest BCUT2D eigenvalue weighted by Gasteiger charge is -2.13. The summed E-state index contributed by atoms with van der Waals surface area (Å²) in [5.74, 6) is 0.418. The van der Waals surface area contributed by atoms with Crippen LogP contribution in [0.25, 0.3) is 22.0 Å². The molecule has 0 atom stereocenters. The Hall–Kier alpha value is -3.93. The van der Waals surface area contributed by atoms with Crippen molar-refractivity contribution in [3.8, 4) is 28.4 Å². The molecule has 1 aromatic heterocycles. The van der Waals surface area contributed by atoms with Gasteiger partial charge in [-0.15, -0.1) is 0 Å². The van der Waals surface area contributed by atoms with Gasteiger partial charge in [0.05, 0.1) is 13.7 Å². The summed E-state index contributed by atoms with van der Waals surface area (Å²) in [5.41, 5.74) is 3.32. The summed E-state index contributed by atoms with van der Waals surface area (Å²) < 4.78 is 12.6. The fourth-order valence-electron chi connectivity index (χ4n) is 3.83. The molecule has 4 rings (SSSR count). The summed E-state index contributed by atoms with van der Waals surface area (Å²) in [6.45, 7) is 2.38. The lowest BCUT2D eigenvalue weighted by Crippen LogP contribution is -2.14. The van der Waals surface area contributed by atoms with E-state index in [1.807, 2.05) is 34.9 Å². The van der Waals surface area contributed by atoms with E-state index in [0.717, 1.165) is 16.8 Å². The molecule has 158 valence electrons. The van der Waals surface area contributed by atoms with Gasteiger partial charge < -0.3 is 24.3 Å². The number of nitrogens with zero attached hydrogens (tertiary/aromatic N) is 1. The van der Waals surface area contributed by atoms with E-state index in [-0.39, 0.29) is 18.1 Å². The molecule has 1 heterocycles. The third-order valence-electron chi connectivity index (χ3n) is 5.13. The van der Waals surface area contributed by atoms with Crippen molar-refractivity contribution in [1.82, 2.24) is 4.57 Å². The quantitative estimate of drug-likeness (QED) is 0.434. The van der Waals surface area contributed by atoms with Gasteiger partial charge in [-0.1, -0.05) is 24.3 Å². The molecule has 0 saturated carbocycles. The maximum atomic E-state index is 13.1. The molecule has 6 nitrogen and oxygen atoms in total. The highest BCUT2D eigenvalue weighted by atomic mass is 16.5. The molecule has 0 aliphatic carbocycles. The second kappa shape index (κ2) is 8.44. The minimum atomic E-state index is -0.473. The van der Waals surface area contributed by atoms with Crippen LogP contribution in [-0.2, 0) is 11.3 Å². The highest BCUT2D eigenvalue weighted by Gasteiger charge is 2.25. The van der Waals surface area contributed by atoms with Crippen LogP contribution >= 0.6 is 0 Å². The Morgan fingerprint density at radius 1 is 0.968 bits per heavy atom. The summed E-state index contributed by atoms with van der Waals surface area (Å²) in [4.78, 5) is 13.1. The Kier molecular flexibility index (Phi) is 5.54. The smallest absolute Gasteiger partial charge is 0.355 e. The topological polar surface area (TPSA) is 80.9 Å². The number of fused-ring (bicyclic) bond motifs is 1. The van der Waals surface area contributed by atoms with E-state index in [2.05, 4.69) is 0 Å². The predicted molar refractivity (Wildman–Crippen MR) is 119 cm³/mol. The van der Waals surface area contributed by atoms with Gasteiger partial charge in [0.1, 0.15) is 22.9 Å². The first-order chi connectivity index (χ1) is 15.0. The molecule has 0 radical (unpaired) electrons. The van der Waals surface area contributed by atoms with Crippen LogP contribution in [0.5, 0.6) is 17.2 Å². The molecule has 0 saturated heterocycles. The highest BCUT2D eigenvalue weighted by Crippen LogP contribution is 2.38. The molecule has 0 spiro atoms. The normalized spacial score (nSPS) is 10.9. The molecular weight excluding hydrogens is 394 g/mol. The summed E-state index contributed by atoms with van der Waals surface area (Å²) in [6.07, 6.45) is 0. The van der Waals surface area contributed by atoms with Gasteiger partial charge in [-0.3, -0.25) is 0 Å². The Bertz CT molecular complexity index is 1260. The zero-order valence-corrected chi connectivity index (χ0v) is 17.3. The van der Waals surface area contributed by atoms with E-state index < -0.39 is 5.97 Å². The number of hydrogen-bond acceptors (Lipinski definition) is 5. The number of hydrogen-bond donors (Lipinski definition) is 2. The Balaban J connectivity index is 2.02. The van der Waals surface area contributed by atoms with Crippen molar-refractivity contribution in [1.29, 1.82) is 0 Å². The largest absolute Gasteiger partial charge is 0.508 e. The summed E-state index contributed by atoms with van der Waals surface area (Å²) in [6, 6.07) is 19.3. The summed E-state index contributed by atoms with van der Waals surface area (Å²) >= 11 is 0. The number of aromatic hydroxyl groups is 2. The van der Waals surface area contributed by atoms with Crippen molar-refractivity contribution >= 4 is 16.9 Å². The molecule has 31 heavy (non-hydrogen) atoms. The second-order valence-electron chi connectivity index (χ2n) is 7.13. The van der Waals surface area contributed by atoms with Gasteiger partial charge in [0.15, 0.2) is 0 Å². The zero-order valence-electron chi connectivity index (χ0n) is 17.3. The molecular formula is C25H23NO5.